The van der Waals surface area contributed by atoms with Gasteiger partial charge in [-0.1, -0.05) is 25.3 Å². The molecule has 1 saturated heterocycles. The fourth-order valence-corrected chi connectivity index (χ4v) is 5.29. The standard InChI is InChI=1S/C22H28N4O2S/c1-15-19(29-21(24-15)18-11-5-6-12-23-18)22(28)26-13-7-8-16(14-26)20(27)25-17-9-3-2-4-10-17/h5-6,11-12,16-17H,2-4,7-10,13-14H2,1H3,(H,25,27). The predicted molar refractivity (Wildman–Crippen MR) is 114 cm³/mol. The van der Waals surface area contributed by atoms with Crippen molar-refractivity contribution in [3.05, 3.63) is 35.0 Å². The molecule has 0 bridgehead atoms. The molecule has 3 heterocycles. The molecular weight excluding hydrogens is 384 g/mol. The van der Waals surface area contributed by atoms with Crippen molar-refractivity contribution in [2.75, 3.05) is 13.1 Å². The number of aromatic nitrogens is 2. The highest BCUT2D eigenvalue weighted by Gasteiger charge is 2.31. The highest BCUT2D eigenvalue weighted by atomic mass is 32.1. The van der Waals surface area contributed by atoms with Crippen LogP contribution in [0.4, 0.5) is 0 Å². The van der Waals surface area contributed by atoms with E-state index in [1.807, 2.05) is 30.0 Å². The smallest absolute Gasteiger partial charge is 0.265 e. The first kappa shape index (κ1) is 20.0. The first-order valence-electron chi connectivity index (χ1n) is 10.6. The summed E-state index contributed by atoms with van der Waals surface area (Å²) in [7, 11) is 0. The lowest BCUT2D eigenvalue weighted by molar-refractivity contribution is -0.127. The molecule has 1 aliphatic heterocycles. The quantitative estimate of drug-likeness (QED) is 0.828. The van der Waals surface area contributed by atoms with Gasteiger partial charge in [0.2, 0.25) is 5.91 Å². The summed E-state index contributed by atoms with van der Waals surface area (Å²) in [4.78, 5) is 37.3. The van der Waals surface area contributed by atoms with Gasteiger partial charge >= 0.3 is 0 Å². The summed E-state index contributed by atoms with van der Waals surface area (Å²) in [6, 6.07) is 5.99. The van der Waals surface area contributed by atoms with Crippen molar-refractivity contribution < 1.29 is 9.59 Å². The largest absolute Gasteiger partial charge is 0.353 e. The molecule has 2 fully saturated rings. The summed E-state index contributed by atoms with van der Waals surface area (Å²) in [6.07, 6.45) is 9.27. The molecule has 2 aromatic rings. The first-order valence-corrected chi connectivity index (χ1v) is 11.4. The summed E-state index contributed by atoms with van der Waals surface area (Å²) in [5, 5.41) is 3.99. The number of aryl methyl sites for hydroxylation is 1. The van der Waals surface area contributed by atoms with Gasteiger partial charge < -0.3 is 10.2 Å². The lowest BCUT2D eigenvalue weighted by atomic mass is 9.93. The van der Waals surface area contributed by atoms with E-state index in [2.05, 4.69) is 15.3 Å². The van der Waals surface area contributed by atoms with Gasteiger partial charge in [0.1, 0.15) is 9.88 Å². The average Bonchev–Trinajstić information content (AvgIpc) is 3.16. The second-order valence-corrected chi connectivity index (χ2v) is 9.08. The van der Waals surface area contributed by atoms with Crippen LogP contribution in [-0.2, 0) is 4.79 Å². The Bertz CT molecular complexity index is 861. The van der Waals surface area contributed by atoms with E-state index >= 15 is 0 Å². The van der Waals surface area contributed by atoms with Crippen molar-refractivity contribution in [1.82, 2.24) is 20.2 Å². The maximum absolute atomic E-state index is 13.2. The molecule has 154 valence electrons. The van der Waals surface area contributed by atoms with Gasteiger partial charge in [0.25, 0.3) is 5.91 Å². The van der Waals surface area contributed by atoms with Gasteiger partial charge in [-0.2, -0.15) is 0 Å². The van der Waals surface area contributed by atoms with Crippen molar-refractivity contribution in [1.29, 1.82) is 0 Å². The summed E-state index contributed by atoms with van der Waals surface area (Å²) < 4.78 is 0. The molecule has 1 atom stereocenters. The number of piperidine rings is 1. The van der Waals surface area contributed by atoms with Crippen molar-refractivity contribution in [3.8, 4) is 10.7 Å². The molecule has 1 saturated carbocycles. The number of thiazole rings is 1. The Morgan fingerprint density at radius 1 is 1.14 bits per heavy atom. The van der Waals surface area contributed by atoms with Crippen LogP contribution in [-0.4, -0.2) is 45.8 Å². The molecule has 7 heteroatoms. The predicted octanol–water partition coefficient (Wildman–Crippen LogP) is 3.81. The van der Waals surface area contributed by atoms with E-state index in [0.29, 0.717) is 24.0 Å². The van der Waals surface area contributed by atoms with Crippen LogP contribution in [0, 0.1) is 12.8 Å². The van der Waals surface area contributed by atoms with Crippen molar-refractivity contribution in [2.45, 2.75) is 57.9 Å². The molecule has 4 rings (SSSR count). The van der Waals surface area contributed by atoms with Crippen LogP contribution < -0.4 is 5.32 Å². The van der Waals surface area contributed by atoms with Crippen LogP contribution in [0.5, 0.6) is 0 Å². The van der Waals surface area contributed by atoms with Gasteiger partial charge in [0.15, 0.2) is 0 Å². The van der Waals surface area contributed by atoms with Crippen LogP contribution in [0.15, 0.2) is 24.4 Å². The number of carbonyl (C=O) groups is 2. The Labute approximate surface area is 175 Å². The molecule has 29 heavy (non-hydrogen) atoms. The minimum Gasteiger partial charge on any atom is -0.353 e. The number of hydrogen-bond donors (Lipinski definition) is 1. The number of likely N-dealkylation sites (tertiary alicyclic amines) is 1. The molecule has 0 radical (unpaired) electrons. The average molecular weight is 413 g/mol. The second-order valence-electron chi connectivity index (χ2n) is 8.08. The Morgan fingerprint density at radius 3 is 2.72 bits per heavy atom. The molecule has 2 amide bonds. The SMILES string of the molecule is Cc1nc(-c2ccccn2)sc1C(=O)N1CCCC(C(=O)NC2CCCCC2)C1. The van der Waals surface area contributed by atoms with E-state index in [9.17, 15) is 9.59 Å². The molecule has 1 N–H and O–H groups in total. The van der Waals surface area contributed by atoms with Gasteiger partial charge in [-0.3, -0.25) is 14.6 Å². The van der Waals surface area contributed by atoms with E-state index < -0.39 is 0 Å². The fraction of sp³-hybridized carbons (Fsp3) is 0.545. The Balaban J connectivity index is 1.42. The number of pyridine rings is 1. The normalized spacial score (nSPS) is 20.4. The van der Waals surface area contributed by atoms with E-state index in [-0.39, 0.29) is 17.7 Å². The van der Waals surface area contributed by atoms with E-state index in [1.54, 1.807) is 6.20 Å². The van der Waals surface area contributed by atoms with Crippen molar-refractivity contribution in [3.63, 3.8) is 0 Å². The maximum Gasteiger partial charge on any atom is 0.265 e. The molecular formula is C22H28N4O2S. The zero-order valence-corrected chi connectivity index (χ0v) is 17.7. The number of amides is 2. The van der Waals surface area contributed by atoms with Gasteiger partial charge in [0, 0.05) is 25.3 Å². The first-order chi connectivity index (χ1) is 14.1. The van der Waals surface area contributed by atoms with Crippen LogP contribution >= 0.6 is 11.3 Å². The summed E-state index contributed by atoms with van der Waals surface area (Å²) >= 11 is 1.39. The van der Waals surface area contributed by atoms with Gasteiger partial charge in [-0.05, 0) is 44.7 Å². The molecule has 2 aromatic heterocycles. The lowest BCUT2D eigenvalue weighted by Crippen LogP contribution is -2.47. The number of nitrogens with zero attached hydrogens (tertiary/aromatic N) is 3. The molecule has 1 unspecified atom stereocenters. The van der Waals surface area contributed by atoms with Gasteiger partial charge in [-0.15, -0.1) is 11.3 Å². The number of carbonyl (C=O) groups excluding carboxylic acids is 2. The summed E-state index contributed by atoms with van der Waals surface area (Å²) in [5.74, 6) is -0.0138. The topological polar surface area (TPSA) is 75.2 Å². The van der Waals surface area contributed by atoms with Crippen LogP contribution in [0.2, 0.25) is 0 Å². The monoisotopic (exact) mass is 412 g/mol. The molecule has 2 aliphatic rings. The lowest BCUT2D eigenvalue weighted by Gasteiger charge is -2.33. The zero-order valence-electron chi connectivity index (χ0n) is 16.9. The fourth-order valence-electron chi connectivity index (χ4n) is 4.28. The minimum atomic E-state index is -0.113. The van der Waals surface area contributed by atoms with Gasteiger partial charge in [-0.25, -0.2) is 4.98 Å². The second kappa shape index (κ2) is 9.03. The Hall–Kier alpha value is -2.28. The third-order valence-corrected chi connectivity index (χ3v) is 7.07. The number of rotatable bonds is 4. The van der Waals surface area contributed by atoms with Crippen molar-refractivity contribution >= 4 is 23.2 Å². The van der Waals surface area contributed by atoms with Crippen LogP contribution in [0.1, 0.15) is 60.3 Å². The molecule has 6 nitrogen and oxygen atoms in total. The molecule has 1 aliphatic carbocycles. The minimum absolute atomic E-state index is 0.0163. The molecule has 0 aromatic carbocycles. The van der Waals surface area contributed by atoms with Gasteiger partial charge in [0.05, 0.1) is 17.3 Å². The zero-order chi connectivity index (χ0) is 20.2. The highest BCUT2D eigenvalue weighted by molar-refractivity contribution is 7.17. The van der Waals surface area contributed by atoms with Crippen molar-refractivity contribution in [2.24, 2.45) is 5.92 Å². The third kappa shape index (κ3) is 4.66. The van der Waals surface area contributed by atoms with E-state index in [1.165, 1.54) is 30.6 Å². The van der Waals surface area contributed by atoms with E-state index in [4.69, 9.17) is 0 Å². The maximum atomic E-state index is 13.2. The third-order valence-electron chi connectivity index (χ3n) is 5.91. The highest BCUT2D eigenvalue weighted by Crippen LogP contribution is 2.29. The summed E-state index contributed by atoms with van der Waals surface area (Å²) in [6.45, 7) is 3.06. The Kier molecular flexibility index (Phi) is 6.23. The number of nitrogens with one attached hydrogen (secondary N) is 1. The van der Waals surface area contributed by atoms with E-state index in [0.717, 1.165) is 42.1 Å². The summed E-state index contributed by atoms with van der Waals surface area (Å²) in [5.41, 5.74) is 1.51. The van der Waals surface area contributed by atoms with Crippen LogP contribution in [0.25, 0.3) is 10.7 Å². The molecule has 0 spiro atoms. The van der Waals surface area contributed by atoms with Crippen LogP contribution in [0.3, 0.4) is 0 Å². The Morgan fingerprint density at radius 2 is 1.97 bits per heavy atom. The number of hydrogen-bond acceptors (Lipinski definition) is 5.